The molecule has 17 heavy (non-hydrogen) atoms. The molecule has 88 valence electrons. The summed E-state index contributed by atoms with van der Waals surface area (Å²) in [5, 5.41) is 0. The Morgan fingerprint density at radius 2 is 2.24 bits per heavy atom. The Hall–Kier alpha value is -2.10. The molecule has 0 aliphatic carbocycles. The Kier molecular flexibility index (Phi) is 2.95. The van der Waals surface area contributed by atoms with Gasteiger partial charge in [0.2, 0.25) is 0 Å². The summed E-state index contributed by atoms with van der Waals surface area (Å²) in [6, 6.07) is 5.87. The van der Waals surface area contributed by atoms with Gasteiger partial charge in [-0.25, -0.2) is 9.78 Å². The molecule has 0 atom stereocenters. The van der Waals surface area contributed by atoms with E-state index in [-0.39, 0.29) is 5.97 Å². The monoisotopic (exact) mass is 230 g/mol. The van der Waals surface area contributed by atoms with Crippen molar-refractivity contribution in [1.82, 2.24) is 9.55 Å². The predicted octanol–water partition coefficient (Wildman–Crippen LogP) is 2.07. The van der Waals surface area contributed by atoms with Crippen LogP contribution < -0.4 is 0 Å². The average Bonchev–Trinajstić information content (AvgIpc) is 2.63. The number of hydrogen-bond acceptors (Lipinski definition) is 3. The summed E-state index contributed by atoms with van der Waals surface area (Å²) in [6.45, 7) is 1.95. The zero-order chi connectivity index (χ0) is 12.4. The van der Waals surface area contributed by atoms with Gasteiger partial charge in [0, 0.05) is 18.7 Å². The molecule has 0 radical (unpaired) electrons. The number of benzene rings is 1. The van der Waals surface area contributed by atoms with Gasteiger partial charge in [-0.15, -0.1) is 0 Å². The number of ether oxygens (including phenoxy) is 1. The van der Waals surface area contributed by atoms with E-state index in [0.717, 1.165) is 22.4 Å². The Balaban J connectivity index is 2.51. The van der Waals surface area contributed by atoms with Crippen molar-refractivity contribution < 1.29 is 9.53 Å². The van der Waals surface area contributed by atoms with E-state index in [4.69, 9.17) is 0 Å². The van der Waals surface area contributed by atoms with Gasteiger partial charge < -0.3 is 9.30 Å². The van der Waals surface area contributed by atoms with Crippen molar-refractivity contribution in [3.63, 3.8) is 0 Å². The van der Waals surface area contributed by atoms with Gasteiger partial charge in [-0.1, -0.05) is 12.1 Å². The molecular formula is C13H14N2O2. The molecule has 0 saturated heterocycles. The van der Waals surface area contributed by atoms with Crippen LogP contribution in [-0.4, -0.2) is 22.6 Å². The van der Waals surface area contributed by atoms with Crippen LogP contribution >= 0.6 is 0 Å². The molecule has 0 N–H and O–H groups in total. The van der Waals surface area contributed by atoms with E-state index in [1.54, 1.807) is 6.08 Å². The van der Waals surface area contributed by atoms with E-state index in [9.17, 15) is 4.79 Å². The van der Waals surface area contributed by atoms with Gasteiger partial charge in [-0.05, 0) is 19.1 Å². The van der Waals surface area contributed by atoms with Crippen molar-refractivity contribution in [2.45, 2.75) is 6.92 Å². The topological polar surface area (TPSA) is 44.1 Å². The number of hydrogen-bond donors (Lipinski definition) is 0. The van der Waals surface area contributed by atoms with Gasteiger partial charge in [0.25, 0.3) is 0 Å². The van der Waals surface area contributed by atoms with Gasteiger partial charge in [-0.2, -0.15) is 0 Å². The van der Waals surface area contributed by atoms with Gasteiger partial charge in [-0.3, -0.25) is 0 Å². The second kappa shape index (κ2) is 4.41. The minimum Gasteiger partial charge on any atom is -0.466 e. The summed E-state index contributed by atoms with van der Waals surface area (Å²) in [5.41, 5.74) is 2.86. The molecule has 0 aliphatic rings. The molecule has 1 heterocycles. The fourth-order valence-electron chi connectivity index (χ4n) is 1.71. The Morgan fingerprint density at radius 1 is 1.47 bits per heavy atom. The Labute approximate surface area is 99.5 Å². The first kappa shape index (κ1) is 11.4. The van der Waals surface area contributed by atoms with Crippen molar-refractivity contribution in [2.75, 3.05) is 7.11 Å². The molecule has 2 rings (SSSR count). The summed E-state index contributed by atoms with van der Waals surface area (Å²) in [5.74, 6) is 0.577. The highest BCUT2D eigenvalue weighted by Crippen LogP contribution is 2.19. The molecule has 0 amide bonds. The minimum atomic E-state index is -0.366. The van der Waals surface area contributed by atoms with Crippen molar-refractivity contribution in [2.24, 2.45) is 7.05 Å². The van der Waals surface area contributed by atoms with E-state index in [0.29, 0.717) is 0 Å². The standard InChI is InChI=1S/C13H14N2O2/c1-9-14-13-10(7-8-12(16)17-3)5-4-6-11(13)15(9)2/h4-8H,1-3H3/b8-7-. The predicted molar refractivity (Wildman–Crippen MR) is 66.5 cm³/mol. The van der Waals surface area contributed by atoms with Crippen molar-refractivity contribution in [1.29, 1.82) is 0 Å². The number of aromatic nitrogens is 2. The smallest absolute Gasteiger partial charge is 0.330 e. The normalized spacial score (nSPS) is 11.2. The van der Waals surface area contributed by atoms with Gasteiger partial charge >= 0.3 is 5.97 Å². The van der Waals surface area contributed by atoms with Crippen LogP contribution in [0.1, 0.15) is 11.4 Å². The van der Waals surface area contributed by atoms with E-state index < -0.39 is 0 Å². The maximum absolute atomic E-state index is 11.1. The molecule has 4 heteroatoms. The Morgan fingerprint density at radius 3 is 2.94 bits per heavy atom. The molecule has 0 spiro atoms. The fraction of sp³-hybridized carbons (Fsp3) is 0.231. The van der Waals surface area contributed by atoms with Crippen molar-refractivity contribution >= 4 is 23.1 Å². The molecule has 1 aromatic carbocycles. The number of carbonyl (C=O) groups is 1. The lowest BCUT2D eigenvalue weighted by Gasteiger charge is -1.97. The van der Waals surface area contributed by atoms with Crippen LogP contribution in [0.5, 0.6) is 0 Å². The summed E-state index contributed by atoms with van der Waals surface area (Å²) in [7, 11) is 3.33. The highest BCUT2D eigenvalue weighted by atomic mass is 16.5. The van der Waals surface area contributed by atoms with E-state index in [1.165, 1.54) is 13.2 Å². The van der Waals surface area contributed by atoms with Crippen LogP contribution in [0.3, 0.4) is 0 Å². The molecule has 0 fully saturated rings. The number of rotatable bonds is 2. The number of methoxy groups -OCH3 is 1. The van der Waals surface area contributed by atoms with Crippen LogP contribution in [-0.2, 0) is 16.6 Å². The zero-order valence-electron chi connectivity index (χ0n) is 10.1. The quantitative estimate of drug-likeness (QED) is 0.586. The maximum Gasteiger partial charge on any atom is 0.330 e. The van der Waals surface area contributed by atoms with Gasteiger partial charge in [0.1, 0.15) is 5.82 Å². The lowest BCUT2D eigenvalue weighted by atomic mass is 10.1. The molecular weight excluding hydrogens is 216 g/mol. The van der Waals surface area contributed by atoms with Crippen molar-refractivity contribution in [3.05, 3.63) is 35.7 Å². The second-order valence-electron chi connectivity index (χ2n) is 3.79. The summed E-state index contributed by atoms with van der Waals surface area (Å²) in [6.07, 6.45) is 3.12. The summed E-state index contributed by atoms with van der Waals surface area (Å²) >= 11 is 0. The van der Waals surface area contributed by atoms with Crippen LogP contribution in [0.15, 0.2) is 24.3 Å². The van der Waals surface area contributed by atoms with Gasteiger partial charge in [0.15, 0.2) is 0 Å². The molecule has 0 aliphatic heterocycles. The molecule has 0 unspecified atom stereocenters. The number of esters is 1. The third kappa shape index (κ3) is 2.06. The number of imidazole rings is 1. The first-order valence-electron chi connectivity index (χ1n) is 5.31. The maximum atomic E-state index is 11.1. The molecule has 2 aromatic rings. The minimum absolute atomic E-state index is 0.366. The molecule has 1 aromatic heterocycles. The first-order chi connectivity index (χ1) is 8.13. The zero-order valence-corrected chi connectivity index (χ0v) is 10.1. The van der Waals surface area contributed by atoms with Crippen LogP contribution in [0, 0.1) is 6.92 Å². The van der Waals surface area contributed by atoms with Crippen molar-refractivity contribution in [3.8, 4) is 0 Å². The summed E-state index contributed by atoms with van der Waals surface area (Å²) < 4.78 is 6.58. The second-order valence-corrected chi connectivity index (χ2v) is 3.79. The van der Waals surface area contributed by atoms with E-state index in [1.807, 2.05) is 36.7 Å². The number of nitrogens with zero attached hydrogens (tertiary/aromatic N) is 2. The number of aryl methyl sites for hydroxylation is 2. The average molecular weight is 230 g/mol. The SMILES string of the molecule is COC(=O)/C=C\c1cccc2c1nc(C)n2C. The third-order valence-electron chi connectivity index (χ3n) is 2.77. The highest BCUT2D eigenvalue weighted by molar-refractivity contribution is 5.92. The number of carbonyl (C=O) groups excluding carboxylic acids is 1. The lowest BCUT2D eigenvalue weighted by molar-refractivity contribution is -0.134. The van der Waals surface area contributed by atoms with Crippen LogP contribution in [0.4, 0.5) is 0 Å². The fourth-order valence-corrected chi connectivity index (χ4v) is 1.71. The van der Waals surface area contributed by atoms with E-state index >= 15 is 0 Å². The molecule has 0 bridgehead atoms. The highest BCUT2D eigenvalue weighted by Gasteiger charge is 2.06. The van der Waals surface area contributed by atoms with Gasteiger partial charge in [0.05, 0.1) is 18.1 Å². The number of para-hydroxylation sites is 1. The molecule has 0 saturated carbocycles. The number of fused-ring (bicyclic) bond motifs is 1. The van der Waals surface area contributed by atoms with E-state index in [2.05, 4.69) is 9.72 Å². The first-order valence-corrected chi connectivity index (χ1v) is 5.31. The Bertz CT molecular complexity index is 597. The third-order valence-corrected chi connectivity index (χ3v) is 2.77. The van der Waals surface area contributed by atoms with Crippen LogP contribution in [0.2, 0.25) is 0 Å². The summed E-state index contributed by atoms with van der Waals surface area (Å²) in [4.78, 5) is 15.5. The largest absolute Gasteiger partial charge is 0.466 e. The lowest BCUT2D eigenvalue weighted by Crippen LogP contribution is -1.93. The van der Waals surface area contributed by atoms with Crippen LogP contribution in [0.25, 0.3) is 17.1 Å². The molecule has 4 nitrogen and oxygen atoms in total.